The topological polar surface area (TPSA) is 55.4 Å². The smallest absolute Gasteiger partial charge is 0.331 e. The number of rotatable bonds is 6. The van der Waals surface area contributed by atoms with E-state index in [-0.39, 0.29) is 18.6 Å². The second-order valence-electron chi connectivity index (χ2n) is 5.31. The van der Waals surface area contributed by atoms with E-state index in [9.17, 15) is 9.59 Å². The average Bonchev–Trinajstić information content (AvgIpc) is 2.60. The molecule has 6 heteroatoms. The number of benzene rings is 2. The lowest BCUT2D eigenvalue weighted by atomic mass is 10.1. The highest BCUT2D eigenvalue weighted by Gasteiger charge is 2.10. The van der Waals surface area contributed by atoms with Gasteiger partial charge in [0.05, 0.1) is 6.04 Å². The number of esters is 1. The summed E-state index contributed by atoms with van der Waals surface area (Å²) in [6.45, 7) is 1.51. The Morgan fingerprint density at radius 3 is 2.56 bits per heavy atom. The van der Waals surface area contributed by atoms with Crippen molar-refractivity contribution in [1.29, 1.82) is 0 Å². The van der Waals surface area contributed by atoms with E-state index < -0.39 is 5.97 Å². The van der Waals surface area contributed by atoms with E-state index in [4.69, 9.17) is 27.9 Å². The molecule has 0 aliphatic rings. The maximum absolute atomic E-state index is 11.8. The van der Waals surface area contributed by atoms with Gasteiger partial charge in [-0.25, -0.2) is 4.79 Å². The van der Waals surface area contributed by atoms with Gasteiger partial charge in [0.1, 0.15) is 0 Å². The van der Waals surface area contributed by atoms with E-state index >= 15 is 0 Å². The van der Waals surface area contributed by atoms with Crippen molar-refractivity contribution in [3.63, 3.8) is 0 Å². The summed E-state index contributed by atoms with van der Waals surface area (Å²) in [6.07, 6.45) is 2.72. The number of nitrogens with one attached hydrogen (secondary N) is 1. The lowest BCUT2D eigenvalue weighted by molar-refractivity contribution is -0.144. The van der Waals surface area contributed by atoms with Gasteiger partial charge in [0.15, 0.2) is 6.61 Å². The molecule has 1 amide bonds. The van der Waals surface area contributed by atoms with Gasteiger partial charge in [-0.3, -0.25) is 4.79 Å². The van der Waals surface area contributed by atoms with E-state index in [1.165, 1.54) is 12.2 Å². The van der Waals surface area contributed by atoms with E-state index in [0.717, 1.165) is 5.56 Å². The Morgan fingerprint density at radius 2 is 1.88 bits per heavy atom. The van der Waals surface area contributed by atoms with Crippen molar-refractivity contribution in [3.8, 4) is 0 Å². The van der Waals surface area contributed by atoms with Crippen LogP contribution in [-0.4, -0.2) is 18.5 Å². The van der Waals surface area contributed by atoms with Crippen LogP contribution in [0.1, 0.15) is 24.1 Å². The van der Waals surface area contributed by atoms with Crippen LogP contribution in [-0.2, 0) is 14.3 Å². The fourth-order valence-electron chi connectivity index (χ4n) is 2.09. The molecule has 0 unspecified atom stereocenters. The zero-order valence-corrected chi connectivity index (χ0v) is 15.1. The number of hydrogen-bond acceptors (Lipinski definition) is 3. The Bertz CT molecular complexity index is 775. The molecule has 0 saturated carbocycles. The van der Waals surface area contributed by atoms with Gasteiger partial charge in [-0.15, -0.1) is 0 Å². The maximum Gasteiger partial charge on any atom is 0.331 e. The molecule has 0 spiro atoms. The first-order chi connectivity index (χ1) is 12.0. The molecule has 2 rings (SSSR count). The molecular weight excluding hydrogens is 361 g/mol. The predicted octanol–water partition coefficient (Wildman–Crippen LogP) is 4.43. The molecule has 2 aromatic rings. The third-order valence-corrected chi connectivity index (χ3v) is 3.95. The van der Waals surface area contributed by atoms with Crippen LogP contribution in [0.5, 0.6) is 0 Å². The fraction of sp³-hybridized carbons (Fsp3) is 0.158. The Labute approximate surface area is 156 Å². The molecule has 0 aliphatic heterocycles. The van der Waals surface area contributed by atoms with Crippen molar-refractivity contribution < 1.29 is 14.3 Å². The summed E-state index contributed by atoms with van der Waals surface area (Å²) >= 11 is 11.8. The minimum atomic E-state index is -0.631. The highest BCUT2D eigenvalue weighted by molar-refractivity contribution is 6.35. The highest BCUT2D eigenvalue weighted by atomic mass is 35.5. The molecular formula is C19H17Cl2NO3. The maximum atomic E-state index is 11.8. The van der Waals surface area contributed by atoms with Gasteiger partial charge in [-0.05, 0) is 36.3 Å². The highest BCUT2D eigenvalue weighted by Crippen LogP contribution is 2.21. The number of hydrogen-bond donors (Lipinski definition) is 1. The number of ether oxygens (including phenoxy) is 1. The van der Waals surface area contributed by atoms with Crippen LogP contribution in [0.3, 0.4) is 0 Å². The quantitative estimate of drug-likeness (QED) is 0.598. The van der Waals surface area contributed by atoms with Crippen molar-refractivity contribution in [2.45, 2.75) is 13.0 Å². The lowest BCUT2D eigenvalue weighted by Gasteiger charge is -2.13. The second kappa shape index (κ2) is 9.25. The molecule has 1 atom stereocenters. The normalized spacial score (nSPS) is 12.0. The molecule has 0 radical (unpaired) electrons. The van der Waals surface area contributed by atoms with Crippen LogP contribution in [0.15, 0.2) is 54.6 Å². The van der Waals surface area contributed by atoms with Crippen molar-refractivity contribution in [2.75, 3.05) is 6.61 Å². The van der Waals surface area contributed by atoms with Crippen molar-refractivity contribution in [3.05, 3.63) is 75.8 Å². The van der Waals surface area contributed by atoms with E-state index in [0.29, 0.717) is 15.6 Å². The first-order valence-corrected chi connectivity index (χ1v) is 8.35. The molecule has 0 fully saturated rings. The second-order valence-corrected chi connectivity index (χ2v) is 6.15. The average molecular weight is 378 g/mol. The zero-order chi connectivity index (χ0) is 18.2. The summed E-state index contributed by atoms with van der Waals surface area (Å²) in [5.41, 5.74) is 1.60. The zero-order valence-electron chi connectivity index (χ0n) is 13.5. The molecule has 1 N–H and O–H groups in total. The summed E-state index contributed by atoms with van der Waals surface area (Å²) in [5, 5.41) is 3.70. The monoisotopic (exact) mass is 377 g/mol. The van der Waals surface area contributed by atoms with Gasteiger partial charge >= 0.3 is 5.97 Å². The molecule has 2 aromatic carbocycles. The van der Waals surface area contributed by atoms with Crippen LogP contribution in [0.2, 0.25) is 10.0 Å². The molecule has 0 heterocycles. The van der Waals surface area contributed by atoms with Gasteiger partial charge in [0, 0.05) is 16.1 Å². The summed E-state index contributed by atoms with van der Waals surface area (Å²) in [5.74, 6) is -1.00. The Balaban J connectivity index is 1.81. The first kappa shape index (κ1) is 19.0. The molecule has 4 nitrogen and oxygen atoms in total. The van der Waals surface area contributed by atoms with Crippen LogP contribution in [0.25, 0.3) is 6.08 Å². The van der Waals surface area contributed by atoms with E-state index in [1.54, 1.807) is 18.2 Å². The molecule has 0 bridgehead atoms. The van der Waals surface area contributed by atoms with Crippen LogP contribution < -0.4 is 5.32 Å². The number of carbonyl (C=O) groups excluding carboxylic acids is 2. The number of carbonyl (C=O) groups is 2. The molecule has 130 valence electrons. The predicted molar refractivity (Wildman–Crippen MR) is 99.5 cm³/mol. The lowest BCUT2D eigenvalue weighted by Crippen LogP contribution is -2.30. The van der Waals surface area contributed by atoms with Gasteiger partial charge in [0.2, 0.25) is 0 Å². The first-order valence-electron chi connectivity index (χ1n) is 7.60. The molecule has 0 saturated heterocycles. The Hall–Kier alpha value is -2.30. The SMILES string of the molecule is C[C@H](NC(=O)COC(=O)/C=C/c1ccc(Cl)cc1Cl)c1ccccc1. The number of amides is 1. The Morgan fingerprint density at radius 1 is 1.16 bits per heavy atom. The Kier molecular flexibility index (Phi) is 7.04. The molecule has 0 aliphatic carbocycles. The van der Waals surface area contributed by atoms with Gasteiger partial charge in [-0.1, -0.05) is 59.6 Å². The van der Waals surface area contributed by atoms with E-state index in [1.807, 2.05) is 37.3 Å². The minimum absolute atomic E-state index is 0.171. The largest absolute Gasteiger partial charge is 0.452 e. The number of halogens is 2. The van der Waals surface area contributed by atoms with Gasteiger partial charge < -0.3 is 10.1 Å². The fourth-order valence-corrected chi connectivity index (χ4v) is 2.56. The van der Waals surface area contributed by atoms with E-state index in [2.05, 4.69) is 5.32 Å². The van der Waals surface area contributed by atoms with Crippen LogP contribution in [0.4, 0.5) is 0 Å². The van der Waals surface area contributed by atoms with Crippen molar-refractivity contribution in [1.82, 2.24) is 5.32 Å². The van der Waals surface area contributed by atoms with Gasteiger partial charge in [-0.2, -0.15) is 0 Å². The third kappa shape index (κ3) is 6.25. The minimum Gasteiger partial charge on any atom is -0.452 e. The molecule has 0 aromatic heterocycles. The summed E-state index contributed by atoms with van der Waals surface area (Å²) < 4.78 is 4.92. The van der Waals surface area contributed by atoms with Gasteiger partial charge in [0.25, 0.3) is 5.91 Å². The summed E-state index contributed by atoms with van der Waals surface area (Å²) in [4.78, 5) is 23.5. The standard InChI is InChI=1S/C19H17Cl2NO3/c1-13(14-5-3-2-4-6-14)22-18(23)12-25-19(24)10-8-15-7-9-16(20)11-17(15)21/h2-11,13H,12H2,1H3,(H,22,23)/b10-8+/t13-/m0/s1. The summed E-state index contributed by atoms with van der Waals surface area (Å²) in [6, 6.07) is 14.3. The summed E-state index contributed by atoms with van der Waals surface area (Å²) in [7, 11) is 0. The van der Waals surface area contributed by atoms with Crippen LogP contribution in [0, 0.1) is 0 Å². The van der Waals surface area contributed by atoms with Crippen LogP contribution >= 0.6 is 23.2 Å². The molecule has 25 heavy (non-hydrogen) atoms. The van der Waals surface area contributed by atoms with Crippen molar-refractivity contribution >= 4 is 41.2 Å². The van der Waals surface area contributed by atoms with Crippen molar-refractivity contribution in [2.24, 2.45) is 0 Å². The third-order valence-electron chi connectivity index (χ3n) is 3.38.